The summed E-state index contributed by atoms with van der Waals surface area (Å²) in [6.45, 7) is 8.67. The fraction of sp³-hybridized carbons (Fsp3) is 0.292. The largest absolute Gasteiger partial charge is 0.490 e. The van der Waals surface area contributed by atoms with E-state index in [1.165, 1.54) is 6.21 Å². The number of aromatic nitrogens is 2. The van der Waals surface area contributed by atoms with Gasteiger partial charge in [-0.25, -0.2) is 10.1 Å². The Morgan fingerprint density at radius 1 is 1.06 bits per heavy atom. The van der Waals surface area contributed by atoms with Crippen molar-refractivity contribution in [3.8, 4) is 22.9 Å². The molecule has 0 fully saturated rings. The van der Waals surface area contributed by atoms with Crippen LogP contribution in [0.15, 0.2) is 47.6 Å². The topological polar surface area (TPSA) is 87.0 Å². The zero-order chi connectivity index (χ0) is 23.8. The van der Waals surface area contributed by atoms with Crippen molar-refractivity contribution in [1.82, 2.24) is 15.2 Å². The first kappa shape index (κ1) is 24.1. The van der Waals surface area contributed by atoms with Gasteiger partial charge in [0, 0.05) is 5.56 Å². The summed E-state index contributed by atoms with van der Waals surface area (Å²) in [5, 5.41) is 8.94. The number of ether oxygens (including phenoxy) is 3. The fourth-order valence-corrected chi connectivity index (χ4v) is 3.46. The first-order valence-corrected chi connectivity index (χ1v) is 11.1. The minimum absolute atomic E-state index is 0.324. The van der Waals surface area contributed by atoms with Gasteiger partial charge in [-0.05, 0) is 52.0 Å². The van der Waals surface area contributed by atoms with Gasteiger partial charge in [-0.2, -0.15) is 10.2 Å². The summed E-state index contributed by atoms with van der Waals surface area (Å²) in [5.41, 5.74) is 4.97. The second-order valence-electron chi connectivity index (χ2n) is 6.84. The number of nitrogens with one attached hydrogen (secondary N) is 1. The number of para-hydroxylation sites is 1. The van der Waals surface area contributed by atoms with E-state index in [1.54, 1.807) is 16.8 Å². The van der Waals surface area contributed by atoms with Crippen molar-refractivity contribution in [2.45, 2.75) is 27.7 Å². The lowest BCUT2D eigenvalue weighted by Crippen LogP contribution is -2.18. The number of carbonyl (C=O) groups excluding carboxylic acids is 1. The summed E-state index contributed by atoms with van der Waals surface area (Å²) in [6, 6.07) is 12.7. The predicted molar refractivity (Wildman–Crippen MR) is 128 cm³/mol. The molecule has 174 valence electrons. The number of aryl methyl sites for hydroxylation is 1. The van der Waals surface area contributed by atoms with Crippen LogP contribution in [0.4, 0.5) is 0 Å². The molecule has 1 N–H and O–H groups in total. The molecule has 33 heavy (non-hydrogen) atoms. The van der Waals surface area contributed by atoms with Gasteiger partial charge in [0.05, 0.1) is 43.0 Å². The summed E-state index contributed by atoms with van der Waals surface area (Å²) in [4.78, 5) is 12.8. The van der Waals surface area contributed by atoms with Gasteiger partial charge < -0.3 is 14.2 Å². The molecule has 0 aliphatic carbocycles. The van der Waals surface area contributed by atoms with E-state index in [9.17, 15) is 4.79 Å². The molecule has 0 atom stereocenters. The highest BCUT2D eigenvalue weighted by atomic mass is 35.5. The molecule has 2 aromatic carbocycles. The first-order valence-electron chi connectivity index (χ1n) is 10.7. The molecule has 0 bridgehead atoms. The molecule has 0 radical (unpaired) electrons. The molecule has 0 saturated carbocycles. The maximum absolute atomic E-state index is 12.8. The van der Waals surface area contributed by atoms with Gasteiger partial charge in [0.15, 0.2) is 11.5 Å². The Balaban J connectivity index is 1.83. The SMILES string of the molecule is CCOc1cc(C(=O)N/N=C/c2c(C)nn(-c3ccccc3)c2Cl)cc(OCC)c1OCC. The summed E-state index contributed by atoms with van der Waals surface area (Å²) < 4.78 is 18.6. The van der Waals surface area contributed by atoms with Crippen molar-refractivity contribution in [3.63, 3.8) is 0 Å². The number of rotatable bonds is 10. The van der Waals surface area contributed by atoms with E-state index in [2.05, 4.69) is 15.6 Å². The number of hydrogen-bond donors (Lipinski definition) is 1. The van der Waals surface area contributed by atoms with Gasteiger partial charge in [-0.3, -0.25) is 4.79 Å². The number of benzene rings is 2. The van der Waals surface area contributed by atoms with E-state index >= 15 is 0 Å². The van der Waals surface area contributed by atoms with Crippen LogP contribution in [-0.2, 0) is 0 Å². The van der Waals surface area contributed by atoms with Crippen LogP contribution in [-0.4, -0.2) is 41.7 Å². The molecule has 1 aromatic heterocycles. The number of halogens is 1. The Morgan fingerprint density at radius 2 is 1.67 bits per heavy atom. The predicted octanol–water partition coefficient (Wildman–Crippen LogP) is 4.79. The number of carbonyl (C=O) groups is 1. The van der Waals surface area contributed by atoms with Gasteiger partial charge in [-0.1, -0.05) is 29.8 Å². The van der Waals surface area contributed by atoms with E-state index < -0.39 is 5.91 Å². The van der Waals surface area contributed by atoms with Crippen molar-refractivity contribution >= 4 is 23.7 Å². The molecule has 8 nitrogen and oxygen atoms in total. The fourth-order valence-electron chi connectivity index (χ4n) is 3.14. The lowest BCUT2D eigenvalue weighted by atomic mass is 10.1. The number of nitrogens with zero attached hydrogens (tertiary/aromatic N) is 3. The summed E-state index contributed by atoms with van der Waals surface area (Å²) in [6.07, 6.45) is 1.48. The van der Waals surface area contributed by atoms with Crippen molar-refractivity contribution in [2.24, 2.45) is 5.10 Å². The Kier molecular flexibility index (Phi) is 8.32. The molecule has 0 aliphatic rings. The van der Waals surface area contributed by atoms with Crippen LogP contribution in [0, 0.1) is 6.92 Å². The molecule has 0 aliphatic heterocycles. The summed E-state index contributed by atoms with van der Waals surface area (Å²) in [5.74, 6) is 0.905. The average molecular weight is 471 g/mol. The molecule has 1 heterocycles. The number of hydrazone groups is 1. The summed E-state index contributed by atoms with van der Waals surface area (Å²) in [7, 11) is 0. The third kappa shape index (κ3) is 5.64. The van der Waals surface area contributed by atoms with Crippen LogP contribution >= 0.6 is 11.6 Å². The van der Waals surface area contributed by atoms with Gasteiger partial charge in [0.2, 0.25) is 5.75 Å². The van der Waals surface area contributed by atoms with E-state index in [0.717, 1.165) is 5.69 Å². The Bertz CT molecular complexity index is 1100. The normalized spacial score (nSPS) is 10.9. The number of amides is 1. The third-order valence-electron chi connectivity index (χ3n) is 4.58. The van der Waals surface area contributed by atoms with Gasteiger partial charge in [0.1, 0.15) is 5.15 Å². The van der Waals surface area contributed by atoms with Crippen LogP contribution in [0.25, 0.3) is 5.69 Å². The standard InChI is InChI=1S/C24H27ClN4O4/c1-5-31-20-13-17(14-21(32-6-2)22(20)33-7-3)24(30)27-26-15-19-16(4)28-29(23(19)25)18-11-9-8-10-12-18/h8-15H,5-7H2,1-4H3,(H,27,30)/b26-15+. The highest BCUT2D eigenvalue weighted by Gasteiger charge is 2.18. The maximum Gasteiger partial charge on any atom is 0.271 e. The zero-order valence-corrected chi connectivity index (χ0v) is 19.8. The quantitative estimate of drug-likeness (QED) is 0.340. The minimum atomic E-state index is -0.430. The Hall–Kier alpha value is -3.52. The molecule has 1 amide bonds. The second kappa shape index (κ2) is 11.4. The molecule has 0 saturated heterocycles. The lowest BCUT2D eigenvalue weighted by molar-refractivity contribution is 0.0954. The van der Waals surface area contributed by atoms with Crippen LogP contribution < -0.4 is 19.6 Å². The van der Waals surface area contributed by atoms with Gasteiger partial charge >= 0.3 is 0 Å². The third-order valence-corrected chi connectivity index (χ3v) is 4.94. The molecular formula is C24H27ClN4O4. The van der Waals surface area contributed by atoms with E-state index in [0.29, 0.717) is 59.0 Å². The first-order chi connectivity index (χ1) is 16.0. The highest BCUT2D eigenvalue weighted by molar-refractivity contribution is 6.32. The summed E-state index contributed by atoms with van der Waals surface area (Å²) >= 11 is 6.50. The molecule has 0 spiro atoms. The van der Waals surface area contributed by atoms with Crippen molar-refractivity contribution < 1.29 is 19.0 Å². The Morgan fingerprint density at radius 3 is 2.24 bits per heavy atom. The van der Waals surface area contributed by atoms with E-state index in [4.69, 9.17) is 25.8 Å². The number of hydrogen-bond acceptors (Lipinski definition) is 6. The van der Waals surface area contributed by atoms with Crippen molar-refractivity contribution in [2.75, 3.05) is 19.8 Å². The van der Waals surface area contributed by atoms with E-state index in [-0.39, 0.29) is 0 Å². The van der Waals surface area contributed by atoms with Crippen molar-refractivity contribution in [3.05, 3.63) is 64.4 Å². The monoisotopic (exact) mass is 470 g/mol. The zero-order valence-electron chi connectivity index (χ0n) is 19.1. The molecular weight excluding hydrogens is 444 g/mol. The van der Waals surface area contributed by atoms with Gasteiger partial charge in [-0.15, -0.1) is 0 Å². The molecule has 3 rings (SSSR count). The van der Waals surface area contributed by atoms with Crippen LogP contribution in [0.1, 0.15) is 42.4 Å². The molecule has 0 unspecified atom stereocenters. The van der Waals surface area contributed by atoms with Crippen LogP contribution in [0.5, 0.6) is 17.2 Å². The van der Waals surface area contributed by atoms with Crippen LogP contribution in [0.3, 0.4) is 0 Å². The van der Waals surface area contributed by atoms with E-state index in [1.807, 2.05) is 58.0 Å². The smallest absolute Gasteiger partial charge is 0.271 e. The van der Waals surface area contributed by atoms with Gasteiger partial charge in [0.25, 0.3) is 5.91 Å². The second-order valence-corrected chi connectivity index (χ2v) is 7.20. The van der Waals surface area contributed by atoms with Crippen LogP contribution in [0.2, 0.25) is 5.15 Å². The minimum Gasteiger partial charge on any atom is -0.490 e. The highest BCUT2D eigenvalue weighted by Crippen LogP contribution is 2.39. The lowest BCUT2D eigenvalue weighted by Gasteiger charge is -2.16. The molecule has 3 aromatic rings. The maximum atomic E-state index is 12.8. The Labute approximate surface area is 198 Å². The van der Waals surface area contributed by atoms with Crippen molar-refractivity contribution in [1.29, 1.82) is 0 Å². The average Bonchev–Trinajstić information content (AvgIpc) is 3.10. The molecule has 9 heteroatoms.